The number of hydrogen-bond acceptors (Lipinski definition) is 2. The lowest BCUT2D eigenvalue weighted by Crippen LogP contribution is -2.46. The summed E-state index contributed by atoms with van der Waals surface area (Å²) in [6.45, 7) is 11.5. The average molecular weight is 242 g/mol. The quantitative estimate of drug-likeness (QED) is 0.610. The van der Waals surface area contributed by atoms with Crippen LogP contribution >= 0.6 is 0 Å². The van der Waals surface area contributed by atoms with Crippen LogP contribution in [0.5, 0.6) is 0 Å². The Bertz CT molecular complexity index is 204. The van der Waals surface area contributed by atoms with E-state index in [2.05, 4.69) is 38.3 Å². The first-order chi connectivity index (χ1) is 7.97. The minimum atomic E-state index is -0.0889. The third-order valence-corrected chi connectivity index (χ3v) is 2.93. The van der Waals surface area contributed by atoms with E-state index < -0.39 is 0 Å². The van der Waals surface area contributed by atoms with Gasteiger partial charge in [0, 0.05) is 12.6 Å². The molecule has 0 aromatic heterocycles. The summed E-state index contributed by atoms with van der Waals surface area (Å²) in [5.41, 5.74) is 0. The molecule has 2 atom stereocenters. The maximum absolute atomic E-state index is 11.7. The number of carbonyl (C=O) groups is 1. The van der Waals surface area contributed by atoms with Gasteiger partial charge in [-0.05, 0) is 39.0 Å². The van der Waals surface area contributed by atoms with Gasteiger partial charge in [-0.25, -0.2) is 0 Å². The molecule has 0 aliphatic heterocycles. The van der Waals surface area contributed by atoms with Crippen molar-refractivity contribution in [2.24, 2.45) is 5.92 Å². The molecular weight excluding hydrogens is 212 g/mol. The summed E-state index contributed by atoms with van der Waals surface area (Å²) in [6.07, 6.45) is 4.51. The van der Waals surface area contributed by atoms with Crippen LogP contribution in [0.25, 0.3) is 0 Å². The average Bonchev–Trinajstić information content (AvgIpc) is 2.26. The highest BCUT2D eigenvalue weighted by atomic mass is 16.2. The first kappa shape index (κ1) is 16.4. The van der Waals surface area contributed by atoms with Crippen LogP contribution in [0.3, 0.4) is 0 Å². The zero-order valence-electron chi connectivity index (χ0n) is 12.2. The second kappa shape index (κ2) is 9.46. The van der Waals surface area contributed by atoms with Gasteiger partial charge in [0.05, 0.1) is 6.04 Å². The smallest absolute Gasteiger partial charge is 0.236 e. The van der Waals surface area contributed by atoms with Gasteiger partial charge in [0.2, 0.25) is 5.91 Å². The topological polar surface area (TPSA) is 41.1 Å². The van der Waals surface area contributed by atoms with Crippen LogP contribution in [0.2, 0.25) is 0 Å². The number of amides is 1. The van der Waals surface area contributed by atoms with Crippen molar-refractivity contribution < 1.29 is 4.79 Å². The van der Waals surface area contributed by atoms with Crippen LogP contribution in [0.15, 0.2) is 0 Å². The molecule has 0 spiro atoms. The second-order valence-corrected chi connectivity index (χ2v) is 5.41. The van der Waals surface area contributed by atoms with E-state index in [1.54, 1.807) is 0 Å². The Morgan fingerprint density at radius 2 is 1.76 bits per heavy atom. The molecule has 0 aromatic carbocycles. The standard InChI is InChI=1S/C14H30N2O/c1-6-7-10-15-14(17)13(5)16-12(4)9-8-11(2)3/h11-13,16H,6-10H2,1-5H3,(H,15,17). The van der Waals surface area contributed by atoms with Crippen LogP contribution in [-0.2, 0) is 4.79 Å². The Morgan fingerprint density at radius 3 is 2.29 bits per heavy atom. The van der Waals surface area contributed by atoms with Crippen molar-refractivity contribution in [3.63, 3.8) is 0 Å². The van der Waals surface area contributed by atoms with Crippen molar-refractivity contribution in [1.29, 1.82) is 0 Å². The fourth-order valence-electron chi connectivity index (χ4n) is 1.71. The van der Waals surface area contributed by atoms with E-state index in [-0.39, 0.29) is 11.9 Å². The van der Waals surface area contributed by atoms with Crippen LogP contribution in [0, 0.1) is 5.92 Å². The molecule has 0 aliphatic carbocycles. The largest absolute Gasteiger partial charge is 0.355 e. The lowest BCUT2D eigenvalue weighted by Gasteiger charge is -2.20. The van der Waals surface area contributed by atoms with Crippen LogP contribution < -0.4 is 10.6 Å². The second-order valence-electron chi connectivity index (χ2n) is 5.41. The van der Waals surface area contributed by atoms with Gasteiger partial charge in [-0.1, -0.05) is 27.2 Å². The normalized spacial score (nSPS) is 14.7. The third kappa shape index (κ3) is 9.16. The Kier molecular flexibility index (Phi) is 9.14. The molecule has 0 bridgehead atoms. The summed E-state index contributed by atoms with van der Waals surface area (Å²) in [7, 11) is 0. The molecular formula is C14H30N2O. The monoisotopic (exact) mass is 242 g/mol. The molecule has 2 N–H and O–H groups in total. The lowest BCUT2D eigenvalue weighted by atomic mass is 10.0. The van der Waals surface area contributed by atoms with Crippen molar-refractivity contribution in [3.05, 3.63) is 0 Å². The minimum Gasteiger partial charge on any atom is -0.355 e. The van der Waals surface area contributed by atoms with Gasteiger partial charge in [0.1, 0.15) is 0 Å². The highest BCUT2D eigenvalue weighted by molar-refractivity contribution is 5.81. The molecule has 0 saturated heterocycles. The van der Waals surface area contributed by atoms with E-state index in [1.165, 1.54) is 6.42 Å². The van der Waals surface area contributed by atoms with Crippen LogP contribution in [0.1, 0.15) is 60.3 Å². The van der Waals surface area contributed by atoms with Gasteiger partial charge in [0.25, 0.3) is 0 Å². The van der Waals surface area contributed by atoms with Gasteiger partial charge in [-0.3, -0.25) is 4.79 Å². The van der Waals surface area contributed by atoms with E-state index in [0.717, 1.165) is 31.7 Å². The van der Waals surface area contributed by atoms with E-state index >= 15 is 0 Å². The number of hydrogen-bond donors (Lipinski definition) is 2. The fraction of sp³-hybridized carbons (Fsp3) is 0.929. The van der Waals surface area contributed by atoms with Crippen molar-refractivity contribution in [3.8, 4) is 0 Å². The Labute approximate surface area is 107 Å². The molecule has 0 aliphatic rings. The van der Waals surface area contributed by atoms with Crippen LogP contribution in [-0.4, -0.2) is 24.5 Å². The number of rotatable bonds is 9. The summed E-state index contributed by atoms with van der Waals surface area (Å²) in [6, 6.07) is 0.318. The van der Waals surface area contributed by atoms with E-state index in [1.807, 2.05) is 6.92 Å². The maximum atomic E-state index is 11.7. The predicted molar refractivity (Wildman–Crippen MR) is 74.0 cm³/mol. The van der Waals surface area contributed by atoms with Gasteiger partial charge in [-0.2, -0.15) is 0 Å². The molecule has 0 heterocycles. The number of carbonyl (C=O) groups excluding carboxylic acids is 1. The molecule has 17 heavy (non-hydrogen) atoms. The van der Waals surface area contributed by atoms with Gasteiger partial charge < -0.3 is 10.6 Å². The molecule has 2 unspecified atom stereocenters. The summed E-state index contributed by atoms with van der Waals surface area (Å²) in [5, 5.41) is 6.30. The molecule has 0 radical (unpaired) electrons. The highest BCUT2D eigenvalue weighted by Crippen LogP contribution is 2.06. The minimum absolute atomic E-state index is 0.0889. The maximum Gasteiger partial charge on any atom is 0.236 e. The zero-order chi connectivity index (χ0) is 13.3. The molecule has 102 valence electrons. The third-order valence-electron chi connectivity index (χ3n) is 2.93. The molecule has 3 heteroatoms. The van der Waals surface area contributed by atoms with E-state index in [4.69, 9.17) is 0 Å². The van der Waals surface area contributed by atoms with Gasteiger partial charge >= 0.3 is 0 Å². The Balaban J connectivity index is 3.74. The van der Waals surface area contributed by atoms with Crippen molar-refractivity contribution >= 4 is 5.91 Å². The summed E-state index contributed by atoms with van der Waals surface area (Å²) >= 11 is 0. The summed E-state index contributed by atoms with van der Waals surface area (Å²) in [4.78, 5) is 11.7. The number of unbranched alkanes of at least 4 members (excludes halogenated alkanes) is 1. The molecule has 0 saturated carbocycles. The first-order valence-electron chi connectivity index (χ1n) is 7.01. The zero-order valence-corrected chi connectivity index (χ0v) is 12.2. The highest BCUT2D eigenvalue weighted by Gasteiger charge is 2.14. The molecule has 1 amide bonds. The van der Waals surface area contributed by atoms with E-state index in [9.17, 15) is 4.79 Å². The lowest BCUT2D eigenvalue weighted by molar-refractivity contribution is -0.122. The summed E-state index contributed by atoms with van der Waals surface area (Å²) in [5.74, 6) is 0.850. The van der Waals surface area contributed by atoms with Crippen molar-refractivity contribution in [2.75, 3.05) is 6.54 Å². The first-order valence-corrected chi connectivity index (χ1v) is 7.01. The predicted octanol–water partition coefficient (Wildman–Crippen LogP) is 2.71. The van der Waals surface area contributed by atoms with E-state index in [0.29, 0.717) is 6.04 Å². The Morgan fingerprint density at radius 1 is 1.12 bits per heavy atom. The number of nitrogens with one attached hydrogen (secondary N) is 2. The molecule has 3 nitrogen and oxygen atoms in total. The molecule has 0 aromatic rings. The molecule has 0 fully saturated rings. The van der Waals surface area contributed by atoms with Crippen molar-refractivity contribution in [2.45, 2.75) is 72.4 Å². The van der Waals surface area contributed by atoms with Gasteiger partial charge in [-0.15, -0.1) is 0 Å². The van der Waals surface area contributed by atoms with Gasteiger partial charge in [0.15, 0.2) is 0 Å². The molecule has 0 rings (SSSR count). The van der Waals surface area contributed by atoms with Crippen molar-refractivity contribution in [1.82, 2.24) is 10.6 Å². The van der Waals surface area contributed by atoms with Crippen LogP contribution in [0.4, 0.5) is 0 Å². The Hall–Kier alpha value is -0.570. The summed E-state index contributed by atoms with van der Waals surface area (Å²) < 4.78 is 0. The fourth-order valence-corrected chi connectivity index (χ4v) is 1.71. The SMILES string of the molecule is CCCCNC(=O)C(C)NC(C)CCC(C)C.